The summed E-state index contributed by atoms with van der Waals surface area (Å²) in [5.41, 5.74) is 0.361. The Kier molecular flexibility index (Phi) is 5.50. The molecule has 7 nitrogen and oxygen atoms in total. The van der Waals surface area contributed by atoms with E-state index in [0.717, 1.165) is 11.6 Å². The lowest BCUT2D eigenvalue weighted by Crippen LogP contribution is -2.36. The van der Waals surface area contributed by atoms with Crippen molar-refractivity contribution in [3.63, 3.8) is 0 Å². The zero-order valence-electron chi connectivity index (χ0n) is 14.1. The van der Waals surface area contributed by atoms with E-state index in [1.165, 1.54) is 12.4 Å². The second kappa shape index (κ2) is 7.85. The van der Waals surface area contributed by atoms with Gasteiger partial charge in [0.15, 0.2) is 0 Å². The molecule has 2 amide bonds. The first-order chi connectivity index (χ1) is 13.3. The Bertz CT molecular complexity index is 1040. The van der Waals surface area contributed by atoms with Crippen molar-refractivity contribution in [3.8, 4) is 0 Å². The van der Waals surface area contributed by atoms with Gasteiger partial charge in [0.1, 0.15) is 0 Å². The highest BCUT2D eigenvalue weighted by atomic mass is 35.5. The number of nitrogens with zero attached hydrogens (tertiary/aromatic N) is 2. The van der Waals surface area contributed by atoms with E-state index in [1.807, 2.05) is 0 Å². The molecule has 0 fully saturated rings. The third-order valence-electron chi connectivity index (χ3n) is 3.83. The van der Waals surface area contributed by atoms with Crippen LogP contribution in [0.2, 0.25) is 5.02 Å². The molecule has 0 aromatic carbocycles. The molecule has 0 saturated carbocycles. The fraction of sp³-hybridized carbons (Fsp3) is 0.176. The van der Waals surface area contributed by atoms with Gasteiger partial charge in [-0.1, -0.05) is 11.6 Å². The van der Waals surface area contributed by atoms with Crippen LogP contribution in [0, 0.1) is 0 Å². The summed E-state index contributed by atoms with van der Waals surface area (Å²) in [5.74, 6) is -1.79. The average molecular weight is 412 g/mol. The summed E-state index contributed by atoms with van der Waals surface area (Å²) in [7, 11) is 0. The van der Waals surface area contributed by atoms with Crippen molar-refractivity contribution in [2.45, 2.75) is 12.6 Å². The van der Waals surface area contributed by atoms with Gasteiger partial charge in [-0.2, -0.15) is 13.2 Å². The summed E-state index contributed by atoms with van der Waals surface area (Å²) in [4.78, 5) is 34.5. The standard InChI is InChI=1S/C17H13ClF3N5O2/c18-11-5-9(17(19,20)21)6-24-13(11)2-4-23-15(27)16(28)26-14-8-25-12-1-3-22-7-10(12)14/h1,3,5-8,25H,2,4H2,(H,23,27)(H,26,28). The van der Waals surface area contributed by atoms with E-state index < -0.39 is 23.6 Å². The predicted octanol–water partition coefficient (Wildman–Crippen LogP) is 2.93. The fourth-order valence-electron chi connectivity index (χ4n) is 2.43. The van der Waals surface area contributed by atoms with Crippen molar-refractivity contribution in [1.82, 2.24) is 20.3 Å². The van der Waals surface area contributed by atoms with Gasteiger partial charge in [-0.15, -0.1) is 0 Å². The monoisotopic (exact) mass is 411 g/mol. The molecule has 146 valence electrons. The molecule has 3 aromatic rings. The Morgan fingerprint density at radius 2 is 2.00 bits per heavy atom. The third kappa shape index (κ3) is 4.39. The van der Waals surface area contributed by atoms with Crippen LogP contribution in [0.25, 0.3) is 10.9 Å². The number of fused-ring (bicyclic) bond motifs is 1. The lowest BCUT2D eigenvalue weighted by Gasteiger charge is -2.09. The Morgan fingerprint density at radius 3 is 2.71 bits per heavy atom. The van der Waals surface area contributed by atoms with E-state index >= 15 is 0 Å². The van der Waals surface area contributed by atoms with Gasteiger partial charge in [-0.25, -0.2) is 0 Å². The molecule has 3 heterocycles. The van der Waals surface area contributed by atoms with Crippen molar-refractivity contribution in [1.29, 1.82) is 0 Å². The van der Waals surface area contributed by atoms with Crippen LogP contribution in [-0.2, 0) is 22.2 Å². The number of alkyl halides is 3. The number of hydrogen-bond acceptors (Lipinski definition) is 4. The first-order valence-corrected chi connectivity index (χ1v) is 8.35. The smallest absolute Gasteiger partial charge is 0.359 e. The van der Waals surface area contributed by atoms with Gasteiger partial charge in [0.25, 0.3) is 0 Å². The number of halogens is 4. The molecule has 0 spiro atoms. The number of carbonyl (C=O) groups excluding carboxylic acids is 2. The summed E-state index contributed by atoms with van der Waals surface area (Å²) in [6.07, 6.45) is 0.839. The first kappa shape index (κ1) is 19.6. The Hall–Kier alpha value is -3.14. The number of anilines is 1. The maximum absolute atomic E-state index is 12.6. The molecule has 3 rings (SSSR count). The third-order valence-corrected chi connectivity index (χ3v) is 4.16. The van der Waals surface area contributed by atoms with Crippen LogP contribution in [0.3, 0.4) is 0 Å². The minimum Gasteiger partial charge on any atom is -0.359 e. The number of amides is 2. The molecule has 0 radical (unpaired) electrons. The van der Waals surface area contributed by atoms with Gasteiger partial charge in [-0.05, 0) is 12.1 Å². The molecule has 0 aliphatic carbocycles. The van der Waals surface area contributed by atoms with Crippen LogP contribution < -0.4 is 10.6 Å². The zero-order valence-corrected chi connectivity index (χ0v) is 14.9. The predicted molar refractivity (Wildman–Crippen MR) is 95.7 cm³/mol. The summed E-state index contributed by atoms with van der Waals surface area (Å²) in [6, 6.07) is 2.48. The van der Waals surface area contributed by atoms with Crippen molar-refractivity contribution < 1.29 is 22.8 Å². The molecule has 0 atom stereocenters. The van der Waals surface area contributed by atoms with Crippen molar-refractivity contribution in [2.75, 3.05) is 11.9 Å². The number of carbonyl (C=O) groups is 2. The summed E-state index contributed by atoms with van der Waals surface area (Å²) in [5, 5.41) is 5.30. The first-order valence-electron chi connectivity index (χ1n) is 7.97. The second-order valence-electron chi connectivity index (χ2n) is 5.73. The molecule has 0 aliphatic heterocycles. The molecule has 0 bridgehead atoms. The van der Waals surface area contributed by atoms with Gasteiger partial charge in [0.05, 0.1) is 27.5 Å². The minimum atomic E-state index is -4.54. The van der Waals surface area contributed by atoms with Crippen LogP contribution in [0.4, 0.5) is 18.9 Å². The molecule has 3 N–H and O–H groups in total. The van der Waals surface area contributed by atoms with E-state index in [-0.39, 0.29) is 23.7 Å². The minimum absolute atomic E-state index is 0.0280. The molecule has 28 heavy (non-hydrogen) atoms. The highest BCUT2D eigenvalue weighted by Gasteiger charge is 2.31. The van der Waals surface area contributed by atoms with Crippen LogP contribution >= 0.6 is 11.6 Å². The van der Waals surface area contributed by atoms with Gasteiger partial charge in [0, 0.05) is 43.1 Å². The largest absolute Gasteiger partial charge is 0.417 e. The van der Waals surface area contributed by atoms with Crippen LogP contribution in [0.15, 0.2) is 36.9 Å². The molecule has 11 heteroatoms. The van der Waals surface area contributed by atoms with E-state index in [1.54, 1.807) is 12.3 Å². The van der Waals surface area contributed by atoms with E-state index in [4.69, 9.17) is 11.6 Å². The Balaban J connectivity index is 1.55. The van der Waals surface area contributed by atoms with E-state index in [2.05, 4.69) is 25.6 Å². The SMILES string of the molecule is O=C(NCCc1ncc(C(F)(F)F)cc1Cl)C(=O)Nc1c[nH]c2ccncc12. The Labute approximate surface area is 161 Å². The lowest BCUT2D eigenvalue weighted by molar-refractivity contribution is -0.137. The number of nitrogens with one attached hydrogen (secondary N) is 3. The van der Waals surface area contributed by atoms with Crippen LogP contribution in [0.5, 0.6) is 0 Å². The molecular formula is C17H13ClF3N5O2. The molecule has 0 aliphatic rings. The van der Waals surface area contributed by atoms with Crippen molar-refractivity contribution in [2.24, 2.45) is 0 Å². The Morgan fingerprint density at radius 1 is 1.21 bits per heavy atom. The van der Waals surface area contributed by atoms with Crippen molar-refractivity contribution in [3.05, 3.63) is 53.2 Å². The summed E-state index contributed by atoms with van der Waals surface area (Å²) < 4.78 is 37.8. The summed E-state index contributed by atoms with van der Waals surface area (Å²) >= 11 is 5.80. The number of hydrogen-bond donors (Lipinski definition) is 3. The van der Waals surface area contributed by atoms with Crippen LogP contribution in [0.1, 0.15) is 11.3 Å². The van der Waals surface area contributed by atoms with E-state index in [0.29, 0.717) is 17.3 Å². The van der Waals surface area contributed by atoms with Gasteiger partial charge in [0.2, 0.25) is 0 Å². The number of pyridine rings is 2. The number of aromatic amines is 1. The van der Waals surface area contributed by atoms with Gasteiger partial charge < -0.3 is 15.6 Å². The molecule has 0 saturated heterocycles. The zero-order chi connectivity index (χ0) is 20.3. The number of aromatic nitrogens is 3. The maximum atomic E-state index is 12.6. The maximum Gasteiger partial charge on any atom is 0.417 e. The van der Waals surface area contributed by atoms with Gasteiger partial charge in [-0.3, -0.25) is 19.6 Å². The topological polar surface area (TPSA) is 99.8 Å². The highest BCUT2D eigenvalue weighted by Crippen LogP contribution is 2.31. The molecule has 3 aromatic heterocycles. The summed E-state index contributed by atoms with van der Waals surface area (Å²) in [6.45, 7) is -0.0280. The second-order valence-corrected chi connectivity index (χ2v) is 6.14. The van der Waals surface area contributed by atoms with Crippen LogP contribution in [-0.4, -0.2) is 33.3 Å². The number of rotatable bonds is 4. The normalized spacial score (nSPS) is 11.4. The molecule has 0 unspecified atom stereocenters. The van der Waals surface area contributed by atoms with Gasteiger partial charge >= 0.3 is 18.0 Å². The number of H-pyrrole nitrogens is 1. The van der Waals surface area contributed by atoms with Crippen molar-refractivity contribution >= 4 is 40.0 Å². The molecular weight excluding hydrogens is 399 g/mol. The average Bonchev–Trinajstić information content (AvgIpc) is 3.05. The fourth-order valence-corrected chi connectivity index (χ4v) is 2.69. The quantitative estimate of drug-likeness (QED) is 0.575. The van der Waals surface area contributed by atoms with E-state index in [9.17, 15) is 22.8 Å². The lowest BCUT2D eigenvalue weighted by atomic mass is 10.2. The highest BCUT2D eigenvalue weighted by molar-refractivity contribution is 6.40.